The van der Waals surface area contributed by atoms with Gasteiger partial charge in [-0.15, -0.1) is 37.1 Å². The van der Waals surface area contributed by atoms with Crippen molar-refractivity contribution in [1.29, 1.82) is 0 Å². The Morgan fingerprint density at radius 1 is 1.28 bits per heavy atom. The van der Waals surface area contributed by atoms with Crippen LogP contribution in [-0.2, 0) is 4.79 Å². The van der Waals surface area contributed by atoms with Gasteiger partial charge in [0.05, 0.1) is 17.6 Å². The van der Waals surface area contributed by atoms with Gasteiger partial charge in [0.2, 0.25) is 5.91 Å². The van der Waals surface area contributed by atoms with E-state index in [-0.39, 0.29) is 48.1 Å². The average molecular weight is 474 g/mol. The number of aliphatic imine (C=N–C) groups is 1. The zero-order chi connectivity index (χ0) is 18.4. The number of halogens is 4. The van der Waals surface area contributed by atoms with Crippen molar-refractivity contribution in [2.24, 2.45) is 16.1 Å². The number of alkyl halides is 3. The quantitative estimate of drug-likeness (QED) is 0.336. The summed E-state index contributed by atoms with van der Waals surface area (Å²) in [6.07, 6.45) is -4.82. The lowest BCUT2D eigenvalue weighted by Gasteiger charge is -2.21. The number of para-hydroxylation sites is 2. The summed E-state index contributed by atoms with van der Waals surface area (Å²) in [6.45, 7) is 5.73. The van der Waals surface area contributed by atoms with E-state index in [0.717, 1.165) is 6.07 Å². The summed E-state index contributed by atoms with van der Waals surface area (Å²) < 4.78 is 41.0. The van der Waals surface area contributed by atoms with Crippen LogP contribution in [0.5, 0.6) is 5.75 Å². The summed E-state index contributed by atoms with van der Waals surface area (Å²) in [5, 5.41) is 5.23. The van der Waals surface area contributed by atoms with E-state index >= 15 is 0 Å². The van der Waals surface area contributed by atoms with Crippen molar-refractivity contribution in [3.05, 3.63) is 24.3 Å². The normalized spacial score (nSPS) is 12.2. The molecule has 0 aliphatic carbocycles. The molecule has 0 saturated carbocycles. The fourth-order valence-corrected chi connectivity index (χ4v) is 1.72. The summed E-state index contributed by atoms with van der Waals surface area (Å²) in [7, 11) is 0. The van der Waals surface area contributed by atoms with Crippen LogP contribution in [0.25, 0.3) is 0 Å². The Morgan fingerprint density at radius 3 is 2.44 bits per heavy atom. The van der Waals surface area contributed by atoms with Gasteiger partial charge in [-0.1, -0.05) is 12.1 Å². The van der Waals surface area contributed by atoms with Crippen molar-refractivity contribution < 1.29 is 22.7 Å². The van der Waals surface area contributed by atoms with Gasteiger partial charge in [-0.3, -0.25) is 9.79 Å². The second-order valence-electron chi connectivity index (χ2n) is 5.61. The van der Waals surface area contributed by atoms with Gasteiger partial charge < -0.3 is 21.1 Å². The number of carbonyl (C=O) groups excluding carboxylic acids is 1. The fourth-order valence-electron chi connectivity index (χ4n) is 1.72. The number of amides is 1. The third kappa shape index (κ3) is 8.27. The fraction of sp³-hybridized carbons (Fsp3) is 0.467. The molecule has 1 aromatic rings. The number of nitrogens with two attached hydrogens (primary N) is 1. The molecule has 1 rings (SSSR count). The summed E-state index contributed by atoms with van der Waals surface area (Å²) in [4.78, 5) is 15.9. The van der Waals surface area contributed by atoms with Crippen LogP contribution in [0.3, 0.4) is 0 Å². The number of nitrogens with zero attached hydrogens (tertiary/aromatic N) is 1. The molecule has 0 fully saturated rings. The van der Waals surface area contributed by atoms with Crippen LogP contribution in [0.15, 0.2) is 29.3 Å². The number of hydrogen-bond donors (Lipinski definition) is 3. The van der Waals surface area contributed by atoms with Gasteiger partial charge >= 0.3 is 6.36 Å². The number of hydrogen-bond acceptors (Lipinski definition) is 3. The van der Waals surface area contributed by atoms with E-state index in [0.29, 0.717) is 6.54 Å². The molecule has 0 unspecified atom stereocenters. The van der Waals surface area contributed by atoms with Gasteiger partial charge in [0.15, 0.2) is 11.7 Å². The highest BCUT2D eigenvalue weighted by Gasteiger charge is 2.32. The third-order valence-corrected chi connectivity index (χ3v) is 2.97. The second-order valence-corrected chi connectivity index (χ2v) is 5.61. The van der Waals surface area contributed by atoms with Crippen LogP contribution < -0.4 is 21.1 Å². The van der Waals surface area contributed by atoms with Crippen molar-refractivity contribution in [3.8, 4) is 5.75 Å². The zero-order valence-corrected chi connectivity index (χ0v) is 16.4. The molecule has 0 atom stereocenters. The molecule has 0 bridgehead atoms. The van der Waals surface area contributed by atoms with E-state index in [9.17, 15) is 18.0 Å². The van der Waals surface area contributed by atoms with Crippen LogP contribution in [0, 0.1) is 5.41 Å². The topological polar surface area (TPSA) is 88.7 Å². The molecule has 0 aliphatic rings. The smallest absolute Gasteiger partial charge is 0.404 e. The molecule has 4 N–H and O–H groups in total. The molecule has 1 aromatic carbocycles. The van der Waals surface area contributed by atoms with E-state index in [2.05, 4.69) is 20.4 Å². The van der Waals surface area contributed by atoms with Crippen LogP contribution in [0.2, 0.25) is 0 Å². The Bertz CT molecular complexity index is 607. The first-order valence-corrected chi connectivity index (χ1v) is 7.25. The van der Waals surface area contributed by atoms with E-state index < -0.39 is 17.5 Å². The molecule has 0 aromatic heterocycles. The van der Waals surface area contributed by atoms with Gasteiger partial charge in [-0.25, -0.2) is 0 Å². The summed E-state index contributed by atoms with van der Waals surface area (Å²) in [6, 6.07) is 5.45. The first-order chi connectivity index (χ1) is 11.0. The number of benzene rings is 1. The Kier molecular flexibility index (Phi) is 9.02. The predicted molar refractivity (Wildman–Crippen MR) is 101 cm³/mol. The van der Waals surface area contributed by atoms with Crippen molar-refractivity contribution >= 4 is 41.5 Å². The van der Waals surface area contributed by atoms with Gasteiger partial charge in [-0.2, -0.15) is 0 Å². The number of nitrogens with one attached hydrogen (secondary N) is 2. The molecule has 10 heteroatoms. The maximum Gasteiger partial charge on any atom is 0.573 e. The minimum atomic E-state index is -4.82. The maximum atomic E-state index is 12.4. The van der Waals surface area contributed by atoms with Gasteiger partial charge in [0, 0.05) is 6.54 Å². The Labute approximate surface area is 161 Å². The Morgan fingerprint density at radius 2 is 1.88 bits per heavy atom. The molecular weight excluding hydrogens is 452 g/mol. The van der Waals surface area contributed by atoms with Crippen molar-refractivity contribution in [1.82, 2.24) is 5.32 Å². The number of anilines is 1. The molecule has 0 aliphatic heterocycles. The lowest BCUT2D eigenvalue weighted by molar-refractivity contribution is -0.274. The highest BCUT2D eigenvalue weighted by Crippen LogP contribution is 2.29. The monoisotopic (exact) mass is 474 g/mol. The first-order valence-electron chi connectivity index (χ1n) is 7.25. The van der Waals surface area contributed by atoms with Gasteiger partial charge in [-0.05, 0) is 32.9 Å². The molecule has 6 nitrogen and oxygen atoms in total. The van der Waals surface area contributed by atoms with E-state index in [4.69, 9.17) is 5.73 Å². The molecule has 142 valence electrons. The zero-order valence-electron chi connectivity index (χ0n) is 14.1. The van der Waals surface area contributed by atoms with Crippen molar-refractivity contribution in [2.45, 2.75) is 27.1 Å². The summed E-state index contributed by atoms with van der Waals surface area (Å²) >= 11 is 0. The van der Waals surface area contributed by atoms with E-state index in [1.807, 2.05) is 0 Å². The lowest BCUT2D eigenvalue weighted by atomic mass is 9.92. The van der Waals surface area contributed by atoms with Crippen LogP contribution in [0.1, 0.15) is 20.8 Å². The van der Waals surface area contributed by atoms with Crippen LogP contribution in [0.4, 0.5) is 18.9 Å². The number of carbonyl (C=O) groups is 1. The average Bonchev–Trinajstić information content (AvgIpc) is 2.46. The van der Waals surface area contributed by atoms with Crippen LogP contribution in [-0.4, -0.2) is 31.3 Å². The minimum Gasteiger partial charge on any atom is -0.404 e. The molecule has 25 heavy (non-hydrogen) atoms. The Balaban J connectivity index is 0.00000576. The summed E-state index contributed by atoms with van der Waals surface area (Å²) in [5.41, 5.74) is 4.91. The minimum absolute atomic E-state index is 0. The van der Waals surface area contributed by atoms with Gasteiger partial charge in [0.1, 0.15) is 0 Å². The number of ether oxygens (including phenoxy) is 1. The number of rotatable bonds is 6. The molecule has 0 heterocycles. The first kappa shape index (κ1) is 23.3. The molecule has 0 radical (unpaired) electrons. The van der Waals surface area contributed by atoms with Gasteiger partial charge in [0.25, 0.3) is 0 Å². The third-order valence-electron chi connectivity index (χ3n) is 2.97. The highest BCUT2D eigenvalue weighted by molar-refractivity contribution is 14.0. The molecule has 0 saturated heterocycles. The molecule has 1 amide bonds. The predicted octanol–water partition coefficient (Wildman–Crippen LogP) is 3.09. The highest BCUT2D eigenvalue weighted by atomic mass is 127. The molecular formula is C15H22F3IN4O2. The maximum absolute atomic E-state index is 12.4. The lowest BCUT2D eigenvalue weighted by Crippen LogP contribution is -2.39. The second kappa shape index (κ2) is 9.68. The largest absolute Gasteiger partial charge is 0.573 e. The molecule has 0 spiro atoms. The number of guanidine groups is 1. The Hall–Kier alpha value is -1.72. The SMILES string of the molecule is CCNC(=O)C(C)(C)CN=C(N)Nc1ccccc1OC(F)(F)F.I. The van der Waals surface area contributed by atoms with E-state index in [1.54, 1.807) is 20.8 Å². The standard InChI is InChI=1S/C15H21F3N4O2.HI/c1-4-20-12(23)14(2,3)9-21-13(19)22-10-7-5-6-8-11(10)24-15(16,17)18;/h5-8H,4,9H2,1-3H3,(H,20,23)(H3,19,21,22);1H. The van der Waals surface area contributed by atoms with Crippen molar-refractivity contribution in [2.75, 3.05) is 18.4 Å². The van der Waals surface area contributed by atoms with E-state index in [1.165, 1.54) is 18.2 Å². The van der Waals surface area contributed by atoms with Crippen molar-refractivity contribution in [3.63, 3.8) is 0 Å². The van der Waals surface area contributed by atoms with Crippen LogP contribution >= 0.6 is 24.0 Å². The summed E-state index contributed by atoms with van der Waals surface area (Å²) in [5.74, 6) is -0.737.